The summed E-state index contributed by atoms with van der Waals surface area (Å²) in [4.78, 5) is 29.2. The zero-order valence-electron chi connectivity index (χ0n) is 16.7. The average molecular weight is 405 g/mol. The van der Waals surface area contributed by atoms with Crippen molar-refractivity contribution in [3.8, 4) is 0 Å². The fourth-order valence-electron chi connectivity index (χ4n) is 3.68. The summed E-state index contributed by atoms with van der Waals surface area (Å²) in [7, 11) is 0. The summed E-state index contributed by atoms with van der Waals surface area (Å²) in [6.07, 6.45) is 3.76. The molecule has 0 radical (unpaired) electrons. The van der Waals surface area contributed by atoms with Crippen LogP contribution in [-0.2, 0) is 25.5 Å². The van der Waals surface area contributed by atoms with Gasteiger partial charge in [-0.05, 0) is 56.2 Å². The van der Waals surface area contributed by atoms with Crippen LogP contribution in [-0.4, -0.2) is 30.5 Å². The molecule has 1 saturated carbocycles. The molecule has 156 valence electrons. The molecule has 5 nitrogen and oxygen atoms in total. The van der Waals surface area contributed by atoms with Crippen LogP contribution in [0.1, 0.15) is 51.5 Å². The molecule has 7 heteroatoms. The third kappa shape index (κ3) is 5.28. The molecule has 0 saturated heterocycles. The van der Waals surface area contributed by atoms with Gasteiger partial charge >= 0.3 is 11.9 Å². The fraction of sp³-hybridized carbons (Fsp3) is 0.500. The SMILES string of the molecule is CCOC(=O)CC1=C(Cc2ccc(F)c(F)c2)C(=O)O/C1=N\C1CCC(C)CC1. The van der Waals surface area contributed by atoms with Crippen LogP contribution in [0.2, 0.25) is 0 Å². The Kier molecular flexibility index (Phi) is 6.77. The van der Waals surface area contributed by atoms with Crippen molar-refractivity contribution in [3.05, 3.63) is 46.5 Å². The van der Waals surface area contributed by atoms with Crippen molar-refractivity contribution in [2.45, 2.75) is 58.4 Å². The summed E-state index contributed by atoms with van der Waals surface area (Å²) >= 11 is 0. The lowest BCUT2D eigenvalue weighted by Crippen LogP contribution is -2.19. The number of cyclic esters (lactones) is 1. The smallest absolute Gasteiger partial charge is 0.341 e. The van der Waals surface area contributed by atoms with Crippen LogP contribution in [0.3, 0.4) is 0 Å². The van der Waals surface area contributed by atoms with Crippen LogP contribution in [0, 0.1) is 17.6 Å². The van der Waals surface area contributed by atoms with Crippen LogP contribution >= 0.6 is 0 Å². The molecule has 3 rings (SSSR count). The number of nitrogens with zero attached hydrogens (tertiary/aromatic N) is 1. The van der Waals surface area contributed by atoms with Gasteiger partial charge < -0.3 is 9.47 Å². The number of benzene rings is 1. The Morgan fingerprint density at radius 2 is 1.90 bits per heavy atom. The number of carbonyl (C=O) groups is 2. The first-order valence-corrected chi connectivity index (χ1v) is 9.99. The first-order valence-electron chi connectivity index (χ1n) is 9.99. The van der Waals surface area contributed by atoms with E-state index in [4.69, 9.17) is 9.47 Å². The first-order chi connectivity index (χ1) is 13.9. The standard InChI is InChI=1S/C22H25F2NO4/c1-3-28-20(26)12-16-17(10-14-6-9-18(23)19(24)11-14)22(27)29-21(16)25-15-7-4-13(2)5-8-15/h6,9,11,13,15H,3-5,7-8,10,12H2,1-2H3/b25-21-. The Balaban J connectivity index is 1.90. The summed E-state index contributed by atoms with van der Waals surface area (Å²) in [6.45, 7) is 4.11. The fourth-order valence-corrected chi connectivity index (χ4v) is 3.68. The predicted molar refractivity (Wildman–Crippen MR) is 103 cm³/mol. The number of hydrogen-bond acceptors (Lipinski definition) is 5. The minimum Gasteiger partial charge on any atom is -0.466 e. The van der Waals surface area contributed by atoms with E-state index in [9.17, 15) is 18.4 Å². The van der Waals surface area contributed by atoms with Gasteiger partial charge in [-0.3, -0.25) is 4.79 Å². The molecule has 1 heterocycles. The van der Waals surface area contributed by atoms with Gasteiger partial charge in [0.05, 0.1) is 24.6 Å². The minimum absolute atomic E-state index is 0.0193. The van der Waals surface area contributed by atoms with Crippen molar-refractivity contribution < 1.29 is 27.8 Å². The van der Waals surface area contributed by atoms with Crippen molar-refractivity contribution in [2.24, 2.45) is 10.9 Å². The maximum absolute atomic E-state index is 13.6. The number of rotatable bonds is 6. The lowest BCUT2D eigenvalue weighted by atomic mass is 9.87. The van der Waals surface area contributed by atoms with E-state index in [2.05, 4.69) is 11.9 Å². The van der Waals surface area contributed by atoms with Gasteiger partial charge in [0.15, 0.2) is 11.6 Å². The van der Waals surface area contributed by atoms with Crippen molar-refractivity contribution in [2.75, 3.05) is 6.61 Å². The summed E-state index contributed by atoms with van der Waals surface area (Å²) in [5.74, 6) is -2.26. The van der Waals surface area contributed by atoms with E-state index in [-0.39, 0.29) is 37.0 Å². The molecule has 0 spiro atoms. The molecule has 0 amide bonds. The summed E-state index contributed by atoms with van der Waals surface area (Å²) < 4.78 is 37.2. The normalized spacial score (nSPS) is 23.4. The Bertz CT molecular complexity index is 854. The third-order valence-corrected chi connectivity index (χ3v) is 5.33. The lowest BCUT2D eigenvalue weighted by molar-refractivity contribution is -0.142. The molecule has 2 aliphatic rings. The van der Waals surface area contributed by atoms with Crippen molar-refractivity contribution >= 4 is 17.8 Å². The van der Waals surface area contributed by atoms with Gasteiger partial charge in [-0.25, -0.2) is 18.6 Å². The van der Waals surface area contributed by atoms with Gasteiger partial charge in [0.25, 0.3) is 0 Å². The Morgan fingerprint density at radius 1 is 1.17 bits per heavy atom. The largest absolute Gasteiger partial charge is 0.466 e. The van der Waals surface area contributed by atoms with E-state index in [1.54, 1.807) is 6.92 Å². The Morgan fingerprint density at radius 3 is 2.55 bits per heavy atom. The molecular formula is C22H25F2NO4. The van der Waals surface area contributed by atoms with Crippen LogP contribution in [0.4, 0.5) is 8.78 Å². The average Bonchev–Trinajstić information content (AvgIpc) is 2.95. The molecule has 1 aliphatic carbocycles. The Labute approximate surface area is 168 Å². The number of aliphatic imine (C=N–C) groups is 1. The van der Waals surface area contributed by atoms with E-state index in [0.29, 0.717) is 17.1 Å². The van der Waals surface area contributed by atoms with E-state index in [1.807, 2.05) is 0 Å². The van der Waals surface area contributed by atoms with E-state index in [1.165, 1.54) is 6.07 Å². The minimum atomic E-state index is -0.994. The second-order valence-electron chi connectivity index (χ2n) is 7.60. The number of ether oxygens (including phenoxy) is 2. The molecular weight excluding hydrogens is 380 g/mol. The molecule has 0 aromatic heterocycles. The van der Waals surface area contributed by atoms with Crippen molar-refractivity contribution in [1.82, 2.24) is 0 Å². The molecule has 1 aromatic carbocycles. The first kappa shape index (κ1) is 21.1. The highest BCUT2D eigenvalue weighted by Crippen LogP contribution is 2.30. The zero-order valence-corrected chi connectivity index (χ0v) is 16.7. The van der Waals surface area contributed by atoms with Gasteiger partial charge in [0, 0.05) is 12.0 Å². The van der Waals surface area contributed by atoms with E-state index in [0.717, 1.165) is 37.8 Å². The third-order valence-electron chi connectivity index (χ3n) is 5.33. The van der Waals surface area contributed by atoms with Crippen LogP contribution in [0.15, 0.2) is 34.3 Å². The molecule has 1 aliphatic heterocycles. The molecule has 0 bridgehead atoms. The van der Waals surface area contributed by atoms with E-state index >= 15 is 0 Å². The van der Waals surface area contributed by atoms with Crippen molar-refractivity contribution in [1.29, 1.82) is 0 Å². The van der Waals surface area contributed by atoms with Gasteiger partial charge in [-0.2, -0.15) is 0 Å². The second kappa shape index (κ2) is 9.29. The number of carbonyl (C=O) groups excluding carboxylic acids is 2. The van der Waals surface area contributed by atoms with Gasteiger partial charge in [-0.1, -0.05) is 13.0 Å². The van der Waals surface area contributed by atoms with Crippen LogP contribution in [0.25, 0.3) is 0 Å². The van der Waals surface area contributed by atoms with Crippen LogP contribution < -0.4 is 0 Å². The number of esters is 2. The quantitative estimate of drug-likeness (QED) is 0.663. The molecule has 29 heavy (non-hydrogen) atoms. The Hall–Kier alpha value is -2.57. The monoisotopic (exact) mass is 405 g/mol. The maximum Gasteiger partial charge on any atom is 0.341 e. The summed E-state index contributed by atoms with van der Waals surface area (Å²) in [6, 6.07) is 3.48. The molecule has 1 aromatic rings. The van der Waals surface area contributed by atoms with Crippen molar-refractivity contribution in [3.63, 3.8) is 0 Å². The zero-order chi connectivity index (χ0) is 21.0. The van der Waals surface area contributed by atoms with Gasteiger partial charge in [-0.15, -0.1) is 0 Å². The van der Waals surface area contributed by atoms with Gasteiger partial charge in [0.1, 0.15) is 0 Å². The highest BCUT2D eigenvalue weighted by molar-refractivity contribution is 6.16. The molecule has 0 N–H and O–H groups in total. The molecule has 1 fully saturated rings. The van der Waals surface area contributed by atoms with Crippen LogP contribution in [0.5, 0.6) is 0 Å². The number of halogens is 2. The maximum atomic E-state index is 13.6. The highest BCUT2D eigenvalue weighted by Gasteiger charge is 2.34. The van der Waals surface area contributed by atoms with E-state index < -0.39 is 23.6 Å². The second-order valence-corrected chi connectivity index (χ2v) is 7.60. The predicted octanol–water partition coefficient (Wildman–Crippen LogP) is 4.29. The lowest BCUT2D eigenvalue weighted by Gasteiger charge is -2.23. The summed E-state index contributed by atoms with van der Waals surface area (Å²) in [5.41, 5.74) is 1.01. The highest BCUT2D eigenvalue weighted by atomic mass is 19.2. The number of hydrogen-bond donors (Lipinski definition) is 0. The summed E-state index contributed by atoms with van der Waals surface area (Å²) in [5, 5.41) is 0. The molecule has 0 unspecified atom stereocenters. The van der Waals surface area contributed by atoms with Gasteiger partial charge in [0.2, 0.25) is 5.90 Å². The molecule has 0 atom stereocenters. The topological polar surface area (TPSA) is 65.0 Å².